The maximum Gasteiger partial charge on any atom is 0.335 e. The Hall–Kier alpha value is -2.78. The largest absolute Gasteiger partial charge is 0.479 e. The Bertz CT molecular complexity index is 796. The molecule has 1 heterocycles. The van der Waals surface area contributed by atoms with Crippen molar-refractivity contribution in [2.24, 2.45) is 0 Å². The number of aliphatic carboxylic acids is 2. The van der Waals surface area contributed by atoms with Gasteiger partial charge in [-0.15, -0.1) is 0 Å². The maximum absolute atomic E-state index is 12.0. The molecule has 166 valence electrons. The minimum Gasteiger partial charge on any atom is -0.479 e. The van der Waals surface area contributed by atoms with Crippen LogP contribution in [0.3, 0.4) is 0 Å². The summed E-state index contributed by atoms with van der Waals surface area (Å²) in [7, 11) is 0. The quantitative estimate of drug-likeness (QED) is 0.592. The van der Waals surface area contributed by atoms with Crippen LogP contribution >= 0.6 is 0 Å². The van der Waals surface area contributed by atoms with Crippen LogP contribution in [0.1, 0.15) is 25.0 Å². The third kappa shape index (κ3) is 6.11. The van der Waals surface area contributed by atoms with E-state index in [1.165, 1.54) is 0 Å². The minimum atomic E-state index is -1.45. The van der Waals surface area contributed by atoms with E-state index in [9.17, 15) is 19.8 Å². The van der Waals surface area contributed by atoms with E-state index >= 15 is 0 Å². The van der Waals surface area contributed by atoms with Crippen molar-refractivity contribution in [3.8, 4) is 0 Å². The number of hydrogen-bond donors (Lipinski definition) is 2. The molecule has 0 spiro atoms. The van der Waals surface area contributed by atoms with Crippen LogP contribution in [0.2, 0.25) is 0 Å². The van der Waals surface area contributed by atoms with Crippen LogP contribution in [-0.2, 0) is 41.8 Å². The molecule has 8 heteroatoms. The van der Waals surface area contributed by atoms with Crippen LogP contribution in [0.4, 0.5) is 0 Å². The summed E-state index contributed by atoms with van der Waals surface area (Å²) in [6.07, 6.45) is -5.27. The highest BCUT2D eigenvalue weighted by atomic mass is 16.8. The lowest BCUT2D eigenvalue weighted by Gasteiger charge is -2.27. The van der Waals surface area contributed by atoms with E-state index in [-0.39, 0.29) is 13.2 Å². The van der Waals surface area contributed by atoms with E-state index in [2.05, 4.69) is 0 Å². The number of carboxylic acids is 2. The average Bonchev–Trinajstić information content (AvgIpc) is 3.04. The fourth-order valence-electron chi connectivity index (χ4n) is 3.42. The summed E-state index contributed by atoms with van der Waals surface area (Å²) in [5.41, 5.74) is 1.55. The highest BCUT2D eigenvalue weighted by Crippen LogP contribution is 2.34. The summed E-state index contributed by atoms with van der Waals surface area (Å²) in [6, 6.07) is 18.1. The van der Waals surface area contributed by atoms with Crippen LogP contribution in [0, 0.1) is 0 Å². The first-order valence-corrected chi connectivity index (χ1v) is 9.89. The summed E-state index contributed by atoms with van der Waals surface area (Å²) < 4.78 is 22.8. The van der Waals surface area contributed by atoms with Crippen molar-refractivity contribution in [2.45, 2.75) is 57.3 Å². The van der Waals surface area contributed by atoms with Gasteiger partial charge in [-0.1, -0.05) is 60.7 Å². The van der Waals surface area contributed by atoms with E-state index in [4.69, 9.17) is 18.9 Å². The lowest BCUT2D eigenvalue weighted by atomic mass is 10.0. The van der Waals surface area contributed by atoms with Crippen LogP contribution in [0.5, 0.6) is 0 Å². The fourth-order valence-corrected chi connectivity index (χ4v) is 3.42. The molecule has 8 nitrogen and oxygen atoms in total. The van der Waals surface area contributed by atoms with Gasteiger partial charge in [0.25, 0.3) is 0 Å². The molecule has 0 aliphatic carbocycles. The molecule has 0 radical (unpaired) electrons. The fraction of sp³-hybridized carbons (Fsp3) is 0.391. The van der Waals surface area contributed by atoms with Gasteiger partial charge in [-0.05, 0) is 25.0 Å². The Morgan fingerprint density at radius 1 is 0.806 bits per heavy atom. The number of carbonyl (C=O) groups is 2. The predicted octanol–water partition coefficient (Wildman–Crippen LogP) is 2.85. The Morgan fingerprint density at radius 3 is 1.48 bits per heavy atom. The normalized spacial score (nSPS) is 22.0. The summed E-state index contributed by atoms with van der Waals surface area (Å²) in [6.45, 7) is 3.22. The second kappa shape index (κ2) is 10.0. The van der Waals surface area contributed by atoms with Gasteiger partial charge in [-0.2, -0.15) is 0 Å². The zero-order chi connectivity index (χ0) is 22.4. The highest BCUT2D eigenvalue weighted by Gasteiger charge is 2.53. The number of benzene rings is 2. The highest BCUT2D eigenvalue weighted by molar-refractivity contribution is 5.75. The van der Waals surface area contributed by atoms with E-state index < -0.39 is 42.1 Å². The average molecular weight is 430 g/mol. The van der Waals surface area contributed by atoms with Crippen molar-refractivity contribution in [3.63, 3.8) is 0 Å². The zero-order valence-corrected chi connectivity index (χ0v) is 17.3. The van der Waals surface area contributed by atoms with Crippen molar-refractivity contribution in [3.05, 3.63) is 71.8 Å². The SMILES string of the molecule is CC1(C)OC([C@@H](OCc2ccccc2)C(=O)O)C([C@@H](OCc2ccccc2)C(=O)O)O1. The Balaban J connectivity index is 1.79. The second-order valence-corrected chi connectivity index (χ2v) is 7.68. The lowest BCUT2D eigenvalue weighted by molar-refractivity contribution is -0.178. The number of carboxylic acid groups (broad SMARTS) is 2. The van der Waals surface area contributed by atoms with Gasteiger partial charge in [0.05, 0.1) is 13.2 Å². The molecule has 1 aliphatic heterocycles. The van der Waals surface area contributed by atoms with Crippen molar-refractivity contribution in [1.29, 1.82) is 0 Å². The van der Waals surface area contributed by atoms with Gasteiger partial charge < -0.3 is 29.2 Å². The van der Waals surface area contributed by atoms with Crippen molar-refractivity contribution in [2.75, 3.05) is 0 Å². The monoisotopic (exact) mass is 430 g/mol. The summed E-state index contributed by atoms with van der Waals surface area (Å²) in [4.78, 5) is 24.0. The number of ether oxygens (including phenoxy) is 4. The molecule has 2 aromatic rings. The summed E-state index contributed by atoms with van der Waals surface area (Å²) in [5.74, 6) is -3.76. The molecule has 0 aromatic heterocycles. The molecule has 1 fully saturated rings. The Labute approximate surface area is 180 Å². The summed E-state index contributed by atoms with van der Waals surface area (Å²) in [5, 5.41) is 19.6. The van der Waals surface area contributed by atoms with Crippen molar-refractivity contribution in [1.82, 2.24) is 0 Å². The minimum absolute atomic E-state index is 0.0213. The topological polar surface area (TPSA) is 112 Å². The van der Waals surface area contributed by atoms with Crippen molar-refractivity contribution >= 4 is 11.9 Å². The van der Waals surface area contributed by atoms with Crippen LogP contribution < -0.4 is 0 Å². The van der Waals surface area contributed by atoms with Gasteiger partial charge in [0.2, 0.25) is 0 Å². The van der Waals surface area contributed by atoms with Gasteiger partial charge in [0.15, 0.2) is 18.0 Å². The Kier molecular flexibility index (Phi) is 7.40. The third-order valence-electron chi connectivity index (χ3n) is 4.79. The van der Waals surface area contributed by atoms with Gasteiger partial charge in [-0.25, -0.2) is 9.59 Å². The van der Waals surface area contributed by atoms with Gasteiger partial charge in [0.1, 0.15) is 12.2 Å². The van der Waals surface area contributed by atoms with Crippen LogP contribution in [0.25, 0.3) is 0 Å². The molecule has 0 bridgehead atoms. The molecule has 1 aliphatic rings. The lowest BCUT2D eigenvalue weighted by Crippen LogP contribution is -2.50. The smallest absolute Gasteiger partial charge is 0.335 e. The zero-order valence-electron chi connectivity index (χ0n) is 17.3. The molecular formula is C23H26O8. The number of hydrogen-bond acceptors (Lipinski definition) is 6. The van der Waals surface area contributed by atoms with Gasteiger partial charge in [0, 0.05) is 0 Å². The molecule has 2 N–H and O–H groups in total. The van der Waals surface area contributed by atoms with Crippen LogP contribution in [0.15, 0.2) is 60.7 Å². The molecule has 2 aromatic carbocycles. The molecule has 1 saturated heterocycles. The van der Waals surface area contributed by atoms with E-state index in [0.29, 0.717) is 0 Å². The number of rotatable bonds is 10. The van der Waals surface area contributed by atoms with Crippen LogP contribution in [-0.4, -0.2) is 52.4 Å². The second-order valence-electron chi connectivity index (χ2n) is 7.68. The Morgan fingerprint density at radius 2 is 1.16 bits per heavy atom. The van der Waals surface area contributed by atoms with Gasteiger partial charge in [-0.3, -0.25) is 0 Å². The molecule has 4 atom stereocenters. The predicted molar refractivity (Wildman–Crippen MR) is 109 cm³/mol. The summed E-state index contributed by atoms with van der Waals surface area (Å²) >= 11 is 0. The first-order valence-electron chi connectivity index (χ1n) is 9.89. The standard InChI is InChI=1S/C23H26O8/c1-23(2)30-17(19(21(24)25)28-13-15-9-5-3-6-10-15)18(31-23)20(22(26)27)29-14-16-11-7-4-8-12-16/h3-12,17-20H,13-14H2,1-2H3,(H,24,25)(H,26,27)/t17?,18?,19-,20-/m1/s1. The molecule has 2 unspecified atom stereocenters. The molecule has 0 amide bonds. The van der Waals surface area contributed by atoms with E-state index in [0.717, 1.165) is 11.1 Å². The van der Waals surface area contributed by atoms with Gasteiger partial charge >= 0.3 is 11.9 Å². The molecule has 0 saturated carbocycles. The first kappa shape index (κ1) is 22.9. The molecule has 3 rings (SSSR count). The van der Waals surface area contributed by atoms with E-state index in [1.807, 2.05) is 36.4 Å². The molecular weight excluding hydrogens is 404 g/mol. The molecule has 31 heavy (non-hydrogen) atoms. The third-order valence-corrected chi connectivity index (χ3v) is 4.79. The maximum atomic E-state index is 12.0. The first-order chi connectivity index (χ1) is 14.8. The van der Waals surface area contributed by atoms with E-state index in [1.54, 1.807) is 38.1 Å². The van der Waals surface area contributed by atoms with Crippen molar-refractivity contribution < 1.29 is 38.7 Å².